The molecule has 0 aliphatic carbocycles. The molecular formula is C23H36O4. The van der Waals surface area contributed by atoms with Crippen molar-refractivity contribution in [3.8, 4) is 5.75 Å². The van der Waals surface area contributed by atoms with E-state index >= 15 is 0 Å². The summed E-state index contributed by atoms with van der Waals surface area (Å²) in [5.74, 6) is 2.07. The van der Waals surface area contributed by atoms with E-state index in [2.05, 4.69) is 27.7 Å². The predicted octanol–water partition coefficient (Wildman–Crippen LogP) is 5.19. The Morgan fingerprint density at radius 1 is 1.04 bits per heavy atom. The molecular weight excluding hydrogens is 340 g/mol. The molecule has 2 aliphatic rings. The van der Waals surface area contributed by atoms with Gasteiger partial charge in [0.1, 0.15) is 5.75 Å². The second-order valence-corrected chi connectivity index (χ2v) is 8.61. The Morgan fingerprint density at radius 3 is 2.44 bits per heavy atom. The van der Waals surface area contributed by atoms with Crippen molar-refractivity contribution < 1.29 is 18.9 Å². The summed E-state index contributed by atoms with van der Waals surface area (Å²) in [7, 11) is 1.68. The van der Waals surface area contributed by atoms with Crippen LogP contribution in [0, 0.1) is 17.8 Å². The molecule has 2 heterocycles. The topological polar surface area (TPSA) is 36.9 Å². The zero-order valence-electron chi connectivity index (χ0n) is 17.6. The number of hydrogen-bond donors (Lipinski definition) is 0. The molecule has 0 N–H and O–H groups in total. The summed E-state index contributed by atoms with van der Waals surface area (Å²) in [6.07, 6.45) is 4.73. The second-order valence-electron chi connectivity index (χ2n) is 8.61. The van der Waals surface area contributed by atoms with Crippen molar-refractivity contribution in [2.75, 3.05) is 13.7 Å². The van der Waals surface area contributed by atoms with Crippen LogP contribution in [-0.2, 0) is 20.8 Å². The van der Waals surface area contributed by atoms with Gasteiger partial charge >= 0.3 is 0 Å². The first-order chi connectivity index (χ1) is 12.9. The first-order valence-electron chi connectivity index (χ1n) is 10.5. The first kappa shape index (κ1) is 20.6. The molecule has 6 atom stereocenters. The zero-order valence-corrected chi connectivity index (χ0v) is 17.6. The third-order valence-corrected chi connectivity index (χ3v) is 6.57. The number of ether oxygens (including phenoxy) is 4. The molecule has 4 nitrogen and oxygen atoms in total. The average Bonchev–Trinajstić information content (AvgIpc) is 2.66. The van der Waals surface area contributed by atoms with Crippen LogP contribution >= 0.6 is 0 Å². The van der Waals surface area contributed by atoms with Crippen molar-refractivity contribution in [3.63, 3.8) is 0 Å². The van der Waals surface area contributed by atoms with E-state index in [0.717, 1.165) is 30.6 Å². The molecule has 27 heavy (non-hydrogen) atoms. The van der Waals surface area contributed by atoms with Crippen molar-refractivity contribution in [1.29, 1.82) is 0 Å². The Morgan fingerprint density at radius 2 is 1.78 bits per heavy atom. The van der Waals surface area contributed by atoms with Gasteiger partial charge in [-0.1, -0.05) is 32.9 Å². The average molecular weight is 377 g/mol. The summed E-state index contributed by atoms with van der Waals surface area (Å²) in [6.45, 7) is 10.4. The van der Waals surface area contributed by atoms with E-state index in [1.165, 1.54) is 6.42 Å². The highest BCUT2D eigenvalue weighted by Crippen LogP contribution is 2.46. The molecule has 1 aromatic rings. The minimum absolute atomic E-state index is 0.206. The van der Waals surface area contributed by atoms with Crippen molar-refractivity contribution >= 4 is 0 Å². The van der Waals surface area contributed by atoms with Crippen molar-refractivity contribution in [1.82, 2.24) is 0 Å². The molecule has 2 saturated heterocycles. The van der Waals surface area contributed by atoms with Gasteiger partial charge < -0.3 is 18.9 Å². The summed E-state index contributed by atoms with van der Waals surface area (Å²) < 4.78 is 24.2. The van der Waals surface area contributed by atoms with Crippen molar-refractivity contribution in [3.05, 3.63) is 29.8 Å². The van der Waals surface area contributed by atoms with Crippen molar-refractivity contribution in [2.24, 2.45) is 17.8 Å². The van der Waals surface area contributed by atoms with Gasteiger partial charge in [0.05, 0.1) is 25.9 Å². The van der Waals surface area contributed by atoms with E-state index in [0.29, 0.717) is 31.0 Å². The van der Waals surface area contributed by atoms with Crippen LogP contribution < -0.4 is 4.74 Å². The first-order valence-corrected chi connectivity index (χ1v) is 10.5. The third kappa shape index (κ3) is 4.85. The molecule has 2 aliphatic heterocycles. The van der Waals surface area contributed by atoms with E-state index in [1.54, 1.807) is 7.11 Å². The van der Waals surface area contributed by atoms with E-state index < -0.39 is 0 Å². The smallest absolute Gasteiger partial charge is 0.171 e. The van der Waals surface area contributed by atoms with Crippen LogP contribution in [-0.4, -0.2) is 31.7 Å². The fraction of sp³-hybridized carbons (Fsp3) is 0.739. The van der Waals surface area contributed by atoms with Gasteiger partial charge in [-0.05, 0) is 55.7 Å². The van der Waals surface area contributed by atoms with Gasteiger partial charge in [0, 0.05) is 18.9 Å². The highest BCUT2D eigenvalue weighted by atomic mass is 16.7. The van der Waals surface area contributed by atoms with E-state index in [-0.39, 0.29) is 18.0 Å². The predicted molar refractivity (Wildman–Crippen MR) is 107 cm³/mol. The van der Waals surface area contributed by atoms with E-state index in [9.17, 15) is 0 Å². The fourth-order valence-electron chi connectivity index (χ4n) is 4.43. The van der Waals surface area contributed by atoms with Crippen LogP contribution in [0.2, 0.25) is 0 Å². The summed E-state index contributed by atoms with van der Waals surface area (Å²) in [4.78, 5) is 0. The molecule has 1 aromatic carbocycles. The van der Waals surface area contributed by atoms with Gasteiger partial charge in [0.15, 0.2) is 5.79 Å². The fourth-order valence-corrected chi connectivity index (χ4v) is 4.43. The quantitative estimate of drug-likeness (QED) is 0.640. The standard InChI is InChI=1S/C23H36O4/c1-16-10-12-23(26-19(16)4)18(3)14-17(2)22(27-23)11-13-25-15-20-6-8-21(24-5)9-7-20/h6-9,16-19,22H,10-15H2,1-5H3/t16-,17-,18-,19+,22+,23-/m0/s1. The maximum Gasteiger partial charge on any atom is 0.171 e. The summed E-state index contributed by atoms with van der Waals surface area (Å²) in [6, 6.07) is 8.04. The molecule has 3 rings (SSSR count). The summed E-state index contributed by atoms with van der Waals surface area (Å²) >= 11 is 0. The minimum Gasteiger partial charge on any atom is -0.497 e. The molecule has 0 bridgehead atoms. The molecule has 1 spiro atoms. The molecule has 0 amide bonds. The van der Waals surface area contributed by atoms with Gasteiger partial charge in [-0.2, -0.15) is 0 Å². The van der Waals surface area contributed by atoms with Crippen molar-refractivity contribution in [2.45, 2.75) is 78.0 Å². The van der Waals surface area contributed by atoms with Gasteiger partial charge in [0.2, 0.25) is 0 Å². The van der Waals surface area contributed by atoms with Crippen LogP contribution in [0.1, 0.15) is 58.9 Å². The third-order valence-electron chi connectivity index (χ3n) is 6.57. The lowest BCUT2D eigenvalue weighted by molar-refractivity contribution is -0.351. The number of rotatable bonds is 6. The monoisotopic (exact) mass is 376 g/mol. The Balaban J connectivity index is 1.50. The SMILES string of the molecule is COc1ccc(COCC[C@H]2O[C@@]3(CC[C@H](C)[C@@H](C)O3)[C@@H](C)C[C@@H]2C)cc1. The lowest BCUT2D eigenvalue weighted by Crippen LogP contribution is -2.56. The minimum atomic E-state index is -0.390. The van der Waals surface area contributed by atoms with Gasteiger partial charge in [-0.25, -0.2) is 0 Å². The molecule has 0 aromatic heterocycles. The Labute approximate surface area is 164 Å². The Bertz CT molecular complexity index is 587. The van der Waals surface area contributed by atoms with Gasteiger partial charge in [0.25, 0.3) is 0 Å². The number of benzene rings is 1. The van der Waals surface area contributed by atoms with Crippen LogP contribution in [0.15, 0.2) is 24.3 Å². The summed E-state index contributed by atoms with van der Waals surface area (Å²) in [5, 5.41) is 0. The zero-order chi connectivity index (χ0) is 19.4. The largest absolute Gasteiger partial charge is 0.497 e. The van der Waals surface area contributed by atoms with Crippen LogP contribution in [0.3, 0.4) is 0 Å². The molecule has 2 fully saturated rings. The molecule has 4 heteroatoms. The highest BCUT2D eigenvalue weighted by molar-refractivity contribution is 5.26. The highest BCUT2D eigenvalue weighted by Gasteiger charge is 2.49. The normalized spacial score (nSPS) is 36.7. The molecule has 0 unspecified atom stereocenters. The Kier molecular flexibility index (Phi) is 6.83. The van der Waals surface area contributed by atoms with E-state index in [4.69, 9.17) is 18.9 Å². The van der Waals surface area contributed by atoms with Gasteiger partial charge in [-0.3, -0.25) is 0 Å². The lowest BCUT2D eigenvalue weighted by atomic mass is 9.78. The van der Waals surface area contributed by atoms with Gasteiger partial charge in [-0.15, -0.1) is 0 Å². The van der Waals surface area contributed by atoms with Crippen LogP contribution in [0.5, 0.6) is 5.75 Å². The summed E-state index contributed by atoms with van der Waals surface area (Å²) in [5.41, 5.74) is 1.16. The lowest BCUT2D eigenvalue weighted by Gasteiger charge is -2.52. The molecule has 152 valence electrons. The van der Waals surface area contributed by atoms with E-state index in [1.807, 2.05) is 24.3 Å². The second kappa shape index (κ2) is 8.93. The number of methoxy groups -OCH3 is 1. The molecule has 0 radical (unpaired) electrons. The maximum absolute atomic E-state index is 6.62. The van der Waals surface area contributed by atoms with Crippen LogP contribution in [0.25, 0.3) is 0 Å². The molecule has 0 saturated carbocycles. The maximum atomic E-state index is 6.62. The Hall–Kier alpha value is -1.10. The number of hydrogen-bond acceptors (Lipinski definition) is 4. The van der Waals surface area contributed by atoms with Crippen LogP contribution in [0.4, 0.5) is 0 Å².